The Labute approximate surface area is 148 Å². The highest BCUT2D eigenvalue weighted by Crippen LogP contribution is 2.26. The average Bonchev–Trinajstić information content (AvgIpc) is 2.48. The van der Waals surface area contributed by atoms with Crippen molar-refractivity contribution < 1.29 is 0 Å². The maximum absolute atomic E-state index is 4.50. The molecule has 0 amide bonds. The number of benzene rings is 2. The van der Waals surface area contributed by atoms with E-state index in [1.165, 1.54) is 5.56 Å². The first-order valence-corrected chi connectivity index (χ1v) is 8.73. The quantitative estimate of drug-likeness (QED) is 0.497. The van der Waals surface area contributed by atoms with Crippen LogP contribution in [0.25, 0.3) is 10.9 Å². The van der Waals surface area contributed by atoms with Crippen LogP contribution in [-0.2, 0) is 6.54 Å². The zero-order valence-electron chi connectivity index (χ0n) is 10.9. The molecule has 1 heterocycles. The molecular formula is C16H11Br3N2. The number of nitrogens with one attached hydrogen (secondary N) is 1. The summed E-state index contributed by atoms with van der Waals surface area (Å²) < 4.78 is 3.11. The highest BCUT2D eigenvalue weighted by molar-refractivity contribution is 9.13. The Morgan fingerprint density at radius 1 is 0.952 bits per heavy atom. The van der Waals surface area contributed by atoms with Crippen molar-refractivity contribution in [3.05, 3.63) is 67.6 Å². The van der Waals surface area contributed by atoms with Crippen molar-refractivity contribution in [1.82, 2.24) is 4.98 Å². The van der Waals surface area contributed by atoms with Gasteiger partial charge in [0.25, 0.3) is 0 Å². The first kappa shape index (κ1) is 15.0. The lowest BCUT2D eigenvalue weighted by molar-refractivity contribution is 1.14. The lowest BCUT2D eigenvalue weighted by Gasteiger charge is -2.10. The van der Waals surface area contributed by atoms with Crippen LogP contribution < -0.4 is 5.32 Å². The van der Waals surface area contributed by atoms with Gasteiger partial charge in [0.1, 0.15) is 0 Å². The average molecular weight is 471 g/mol. The molecule has 2 aromatic carbocycles. The molecule has 0 aliphatic carbocycles. The van der Waals surface area contributed by atoms with E-state index in [1.807, 2.05) is 18.3 Å². The van der Waals surface area contributed by atoms with E-state index < -0.39 is 0 Å². The predicted octanol–water partition coefficient (Wildman–Crippen LogP) is 6.13. The molecular weight excluding hydrogens is 460 g/mol. The number of aromatic nitrogens is 1. The fourth-order valence-corrected chi connectivity index (χ4v) is 3.15. The number of nitrogens with zero attached hydrogens (tertiary/aromatic N) is 1. The largest absolute Gasteiger partial charge is 0.379 e. The number of halogens is 3. The van der Waals surface area contributed by atoms with Gasteiger partial charge in [-0.3, -0.25) is 4.98 Å². The smallest absolute Gasteiger partial charge is 0.0934 e. The second-order valence-corrected chi connectivity index (χ2v) is 7.26. The summed E-state index contributed by atoms with van der Waals surface area (Å²) in [6.07, 6.45) is 1.82. The Hall–Kier alpha value is -0.910. The van der Waals surface area contributed by atoms with E-state index in [0.29, 0.717) is 0 Å². The van der Waals surface area contributed by atoms with Gasteiger partial charge >= 0.3 is 0 Å². The molecule has 0 atom stereocenters. The molecule has 2 nitrogen and oxygen atoms in total. The summed E-state index contributed by atoms with van der Waals surface area (Å²) in [4.78, 5) is 4.50. The summed E-state index contributed by atoms with van der Waals surface area (Å²) in [5, 5.41) is 4.57. The molecule has 106 valence electrons. The second kappa shape index (κ2) is 6.46. The van der Waals surface area contributed by atoms with Crippen LogP contribution in [0.4, 0.5) is 5.69 Å². The molecule has 0 bridgehead atoms. The lowest BCUT2D eigenvalue weighted by atomic mass is 10.1. The molecule has 0 fully saturated rings. The van der Waals surface area contributed by atoms with Crippen molar-refractivity contribution in [3.8, 4) is 0 Å². The van der Waals surface area contributed by atoms with Gasteiger partial charge in [-0.05, 0) is 77.6 Å². The molecule has 1 N–H and O–H groups in total. The molecule has 21 heavy (non-hydrogen) atoms. The van der Waals surface area contributed by atoms with Crippen LogP contribution in [0.15, 0.2) is 62.1 Å². The number of fused-ring (bicyclic) bond motifs is 1. The van der Waals surface area contributed by atoms with Crippen LogP contribution in [0.3, 0.4) is 0 Å². The Morgan fingerprint density at radius 3 is 2.62 bits per heavy atom. The van der Waals surface area contributed by atoms with Crippen LogP contribution in [0.2, 0.25) is 0 Å². The summed E-state index contributed by atoms with van der Waals surface area (Å²) in [6.45, 7) is 0.753. The maximum atomic E-state index is 4.50. The third-order valence-electron chi connectivity index (χ3n) is 3.14. The van der Waals surface area contributed by atoms with Gasteiger partial charge in [-0.25, -0.2) is 0 Å². The normalized spacial score (nSPS) is 10.8. The standard InChI is InChI=1S/C16H11Br3N2/c17-12-7-11-2-1-3-15(16(11)21-9-12)20-8-10-4-5-13(18)14(19)6-10/h1-7,9,20H,8H2. The lowest BCUT2D eigenvalue weighted by Crippen LogP contribution is -2.00. The minimum absolute atomic E-state index is 0.753. The van der Waals surface area contributed by atoms with Crippen LogP contribution in [0.1, 0.15) is 5.56 Å². The molecule has 0 aliphatic heterocycles. The Balaban J connectivity index is 1.86. The van der Waals surface area contributed by atoms with Gasteiger partial charge in [0.2, 0.25) is 0 Å². The summed E-state index contributed by atoms with van der Waals surface area (Å²) in [5.41, 5.74) is 3.23. The maximum Gasteiger partial charge on any atom is 0.0934 e. The highest BCUT2D eigenvalue weighted by Gasteiger charge is 2.04. The summed E-state index contributed by atoms with van der Waals surface area (Å²) in [5.74, 6) is 0. The van der Waals surface area contributed by atoms with Gasteiger partial charge in [0.15, 0.2) is 0 Å². The first-order valence-electron chi connectivity index (χ1n) is 6.35. The number of anilines is 1. The van der Waals surface area contributed by atoms with Crippen molar-refractivity contribution in [1.29, 1.82) is 0 Å². The van der Waals surface area contributed by atoms with Crippen molar-refractivity contribution in [2.24, 2.45) is 0 Å². The fourth-order valence-electron chi connectivity index (χ4n) is 2.12. The molecule has 5 heteroatoms. The Morgan fingerprint density at radius 2 is 1.81 bits per heavy atom. The topological polar surface area (TPSA) is 24.9 Å². The minimum Gasteiger partial charge on any atom is -0.379 e. The fraction of sp³-hybridized carbons (Fsp3) is 0.0625. The number of hydrogen-bond donors (Lipinski definition) is 1. The summed E-state index contributed by atoms with van der Waals surface area (Å²) in [6, 6.07) is 14.5. The SMILES string of the molecule is Brc1cnc2c(NCc3ccc(Br)c(Br)c3)cccc2c1. The van der Waals surface area contributed by atoms with Crippen molar-refractivity contribution in [3.63, 3.8) is 0 Å². The van der Waals surface area contributed by atoms with E-state index in [2.05, 4.69) is 88.4 Å². The van der Waals surface area contributed by atoms with Gasteiger partial charge in [0, 0.05) is 31.5 Å². The van der Waals surface area contributed by atoms with Crippen molar-refractivity contribution >= 4 is 64.4 Å². The van der Waals surface area contributed by atoms with E-state index in [9.17, 15) is 0 Å². The van der Waals surface area contributed by atoms with E-state index >= 15 is 0 Å². The molecule has 3 aromatic rings. The summed E-state index contributed by atoms with van der Waals surface area (Å²) >= 11 is 10.5. The van der Waals surface area contributed by atoms with Gasteiger partial charge in [-0.1, -0.05) is 18.2 Å². The van der Waals surface area contributed by atoms with Gasteiger partial charge in [-0.15, -0.1) is 0 Å². The Kier molecular flexibility index (Phi) is 4.62. The number of hydrogen-bond acceptors (Lipinski definition) is 2. The van der Waals surface area contributed by atoms with E-state index in [4.69, 9.17) is 0 Å². The van der Waals surface area contributed by atoms with E-state index in [1.54, 1.807) is 0 Å². The van der Waals surface area contributed by atoms with Gasteiger partial charge in [-0.2, -0.15) is 0 Å². The van der Waals surface area contributed by atoms with Crippen molar-refractivity contribution in [2.75, 3.05) is 5.32 Å². The Bertz CT molecular complexity index is 803. The first-order chi connectivity index (χ1) is 10.1. The van der Waals surface area contributed by atoms with Crippen LogP contribution in [0, 0.1) is 0 Å². The van der Waals surface area contributed by atoms with E-state index in [0.717, 1.165) is 36.6 Å². The molecule has 0 radical (unpaired) electrons. The second-order valence-electron chi connectivity index (χ2n) is 4.63. The van der Waals surface area contributed by atoms with Gasteiger partial charge in [0.05, 0.1) is 11.2 Å². The molecule has 1 aromatic heterocycles. The van der Waals surface area contributed by atoms with Crippen molar-refractivity contribution in [2.45, 2.75) is 6.54 Å². The van der Waals surface area contributed by atoms with Crippen LogP contribution in [0.5, 0.6) is 0 Å². The zero-order valence-corrected chi connectivity index (χ0v) is 15.7. The predicted molar refractivity (Wildman–Crippen MR) is 98.6 cm³/mol. The molecule has 0 spiro atoms. The zero-order chi connectivity index (χ0) is 14.8. The van der Waals surface area contributed by atoms with E-state index in [-0.39, 0.29) is 0 Å². The molecule has 3 rings (SSSR count). The molecule has 0 saturated heterocycles. The third-order valence-corrected chi connectivity index (χ3v) is 5.46. The number of para-hydroxylation sites is 1. The van der Waals surface area contributed by atoms with Crippen LogP contribution >= 0.6 is 47.8 Å². The minimum atomic E-state index is 0.753. The molecule has 0 saturated carbocycles. The molecule has 0 aliphatic rings. The number of rotatable bonds is 3. The van der Waals surface area contributed by atoms with Crippen LogP contribution in [-0.4, -0.2) is 4.98 Å². The molecule has 0 unspecified atom stereocenters. The highest BCUT2D eigenvalue weighted by atomic mass is 79.9. The monoisotopic (exact) mass is 468 g/mol. The third kappa shape index (κ3) is 3.47. The van der Waals surface area contributed by atoms with Gasteiger partial charge < -0.3 is 5.32 Å². The summed E-state index contributed by atoms with van der Waals surface area (Å²) in [7, 11) is 0. The number of pyridine rings is 1.